The molecule has 0 amide bonds. The van der Waals surface area contributed by atoms with Crippen LogP contribution in [-0.4, -0.2) is 24.6 Å². The van der Waals surface area contributed by atoms with E-state index in [1.54, 1.807) is 41.2 Å². The van der Waals surface area contributed by atoms with Crippen LogP contribution in [0.15, 0.2) is 49.1 Å². The zero-order valence-electron chi connectivity index (χ0n) is 13.4. The Labute approximate surface area is 152 Å². The smallest absolute Gasteiger partial charge is 0.166 e. The zero-order valence-corrected chi connectivity index (χ0v) is 14.2. The number of rotatable bonds is 4. The molecule has 3 N–H and O–H groups in total. The molecule has 0 aliphatic carbocycles. The van der Waals surface area contributed by atoms with Crippen molar-refractivity contribution in [3.63, 3.8) is 0 Å². The van der Waals surface area contributed by atoms with Crippen molar-refractivity contribution in [3.8, 4) is 11.3 Å². The lowest BCUT2D eigenvalue weighted by atomic mass is 10.2. The number of halogens is 2. The first kappa shape index (κ1) is 16.2. The molecule has 0 aliphatic heterocycles. The average Bonchev–Trinajstić information content (AvgIpc) is 2.97. The van der Waals surface area contributed by atoms with Crippen LogP contribution in [-0.2, 0) is 6.54 Å². The quantitative estimate of drug-likeness (QED) is 0.573. The maximum Gasteiger partial charge on any atom is 0.166 e. The second-order valence-corrected chi connectivity index (χ2v) is 5.96. The Bertz CT molecular complexity index is 1100. The van der Waals surface area contributed by atoms with Crippen molar-refractivity contribution in [1.82, 2.24) is 24.6 Å². The van der Waals surface area contributed by atoms with Gasteiger partial charge in [0.05, 0.1) is 11.3 Å². The van der Waals surface area contributed by atoms with Gasteiger partial charge >= 0.3 is 0 Å². The molecule has 0 bridgehead atoms. The topological polar surface area (TPSA) is 94.0 Å². The lowest BCUT2D eigenvalue weighted by Crippen LogP contribution is -2.04. The lowest BCUT2D eigenvalue weighted by molar-refractivity contribution is 0.613. The van der Waals surface area contributed by atoms with Gasteiger partial charge in [0.2, 0.25) is 0 Å². The fourth-order valence-electron chi connectivity index (χ4n) is 2.59. The highest BCUT2D eigenvalue weighted by atomic mass is 35.5. The van der Waals surface area contributed by atoms with Crippen LogP contribution in [0.3, 0.4) is 0 Å². The highest BCUT2D eigenvalue weighted by Crippen LogP contribution is 2.28. The molecule has 9 heteroatoms. The summed E-state index contributed by atoms with van der Waals surface area (Å²) in [5.41, 5.74) is 8.29. The van der Waals surface area contributed by atoms with Gasteiger partial charge < -0.3 is 11.1 Å². The molecule has 7 nitrogen and oxygen atoms in total. The number of fused-ring (bicyclic) bond motifs is 1. The number of benzene rings is 1. The van der Waals surface area contributed by atoms with Gasteiger partial charge in [-0.05, 0) is 18.2 Å². The zero-order chi connectivity index (χ0) is 18.1. The lowest BCUT2D eigenvalue weighted by Gasteiger charge is -2.08. The molecular weight excluding hydrogens is 357 g/mol. The Morgan fingerprint density at radius 1 is 1.19 bits per heavy atom. The Hall–Kier alpha value is -3.26. The molecule has 4 rings (SSSR count). The minimum atomic E-state index is -0.379. The van der Waals surface area contributed by atoms with Crippen molar-refractivity contribution in [2.45, 2.75) is 6.54 Å². The molecule has 0 aliphatic rings. The van der Waals surface area contributed by atoms with Gasteiger partial charge in [-0.15, -0.1) is 5.10 Å². The molecular formula is C17H13ClFN7. The molecule has 0 fully saturated rings. The van der Waals surface area contributed by atoms with E-state index in [4.69, 9.17) is 17.3 Å². The van der Waals surface area contributed by atoms with E-state index in [1.165, 1.54) is 12.4 Å². The van der Waals surface area contributed by atoms with Crippen molar-refractivity contribution >= 4 is 28.9 Å². The predicted octanol–water partition coefficient (Wildman–Crippen LogP) is 3.17. The Morgan fingerprint density at radius 3 is 2.92 bits per heavy atom. The highest BCUT2D eigenvalue weighted by Gasteiger charge is 2.15. The molecule has 130 valence electrons. The monoisotopic (exact) mass is 369 g/mol. The number of nitrogen functional groups attached to an aromatic ring is 1. The molecule has 0 spiro atoms. The maximum atomic E-state index is 13.9. The summed E-state index contributed by atoms with van der Waals surface area (Å²) in [7, 11) is 0. The number of hydrogen-bond acceptors (Lipinski definition) is 6. The highest BCUT2D eigenvalue weighted by molar-refractivity contribution is 6.30. The standard InChI is InChI=1S/C17H13ClFN7/c18-11-3-2-10(12(19)6-11)8-22-14-7-13(23-9-24-14)15-16(20)25-26-5-1-4-21-17(15)26/h1-7,9H,8H2,(H2,20,25)(H,22,23,24). The Kier molecular flexibility index (Phi) is 4.10. The number of nitrogens with one attached hydrogen (secondary N) is 1. The molecule has 0 saturated heterocycles. The van der Waals surface area contributed by atoms with Crippen LogP contribution in [0.5, 0.6) is 0 Å². The van der Waals surface area contributed by atoms with Gasteiger partial charge in [-0.25, -0.2) is 23.9 Å². The first-order valence-corrected chi connectivity index (χ1v) is 8.08. The van der Waals surface area contributed by atoms with Crippen LogP contribution in [0, 0.1) is 5.82 Å². The molecule has 26 heavy (non-hydrogen) atoms. The van der Waals surface area contributed by atoms with Crippen LogP contribution < -0.4 is 11.1 Å². The summed E-state index contributed by atoms with van der Waals surface area (Å²) >= 11 is 5.77. The van der Waals surface area contributed by atoms with Gasteiger partial charge in [0.15, 0.2) is 11.5 Å². The summed E-state index contributed by atoms with van der Waals surface area (Å²) in [4.78, 5) is 12.7. The van der Waals surface area contributed by atoms with E-state index in [1.807, 2.05) is 0 Å². The van der Waals surface area contributed by atoms with Crippen molar-refractivity contribution in [3.05, 3.63) is 65.5 Å². The predicted molar refractivity (Wildman–Crippen MR) is 97.2 cm³/mol. The van der Waals surface area contributed by atoms with Crippen LogP contribution in [0.1, 0.15) is 5.56 Å². The van der Waals surface area contributed by atoms with Crippen molar-refractivity contribution in [1.29, 1.82) is 0 Å². The third-order valence-electron chi connectivity index (χ3n) is 3.82. The first-order valence-electron chi connectivity index (χ1n) is 7.71. The van der Waals surface area contributed by atoms with E-state index in [0.29, 0.717) is 39.1 Å². The third kappa shape index (κ3) is 3.02. The molecule has 3 aromatic heterocycles. The average molecular weight is 370 g/mol. The molecule has 4 aromatic rings. The number of nitrogens with two attached hydrogens (primary N) is 1. The summed E-state index contributed by atoms with van der Waals surface area (Å²) in [5.74, 6) is 0.464. The summed E-state index contributed by atoms with van der Waals surface area (Å²) in [6.45, 7) is 0.252. The maximum absolute atomic E-state index is 13.9. The molecule has 3 heterocycles. The van der Waals surface area contributed by atoms with Crippen LogP contribution in [0.25, 0.3) is 16.9 Å². The second kappa shape index (κ2) is 6.57. The largest absolute Gasteiger partial charge is 0.382 e. The fraction of sp³-hybridized carbons (Fsp3) is 0.0588. The van der Waals surface area contributed by atoms with E-state index >= 15 is 0 Å². The van der Waals surface area contributed by atoms with Crippen LogP contribution >= 0.6 is 11.6 Å². The molecule has 0 saturated carbocycles. The minimum absolute atomic E-state index is 0.252. The fourth-order valence-corrected chi connectivity index (χ4v) is 2.75. The number of hydrogen-bond donors (Lipinski definition) is 2. The minimum Gasteiger partial charge on any atom is -0.382 e. The van der Waals surface area contributed by atoms with E-state index in [9.17, 15) is 4.39 Å². The van der Waals surface area contributed by atoms with E-state index in [2.05, 4.69) is 25.4 Å². The van der Waals surface area contributed by atoms with Gasteiger partial charge in [-0.1, -0.05) is 17.7 Å². The summed E-state index contributed by atoms with van der Waals surface area (Å²) < 4.78 is 15.5. The first-order chi connectivity index (χ1) is 12.6. The van der Waals surface area contributed by atoms with Gasteiger partial charge in [0, 0.05) is 35.6 Å². The molecule has 1 aromatic carbocycles. The summed E-state index contributed by atoms with van der Waals surface area (Å²) in [6.07, 6.45) is 4.82. The number of anilines is 2. The number of aromatic nitrogens is 5. The third-order valence-corrected chi connectivity index (χ3v) is 4.06. The van der Waals surface area contributed by atoms with Gasteiger partial charge in [-0.3, -0.25) is 0 Å². The van der Waals surface area contributed by atoms with E-state index in [0.717, 1.165) is 0 Å². The van der Waals surface area contributed by atoms with Gasteiger partial charge in [-0.2, -0.15) is 0 Å². The normalized spacial score (nSPS) is 11.0. The van der Waals surface area contributed by atoms with Crippen LogP contribution in [0.2, 0.25) is 5.02 Å². The number of nitrogens with zero attached hydrogens (tertiary/aromatic N) is 5. The molecule has 0 radical (unpaired) electrons. The van der Waals surface area contributed by atoms with Gasteiger partial charge in [0.25, 0.3) is 0 Å². The van der Waals surface area contributed by atoms with Crippen molar-refractivity contribution in [2.75, 3.05) is 11.1 Å². The van der Waals surface area contributed by atoms with Crippen LogP contribution in [0.4, 0.5) is 16.0 Å². The Morgan fingerprint density at radius 2 is 2.08 bits per heavy atom. The van der Waals surface area contributed by atoms with E-state index < -0.39 is 0 Å². The SMILES string of the molecule is Nc1nn2cccnc2c1-c1cc(NCc2ccc(Cl)cc2F)ncn1. The van der Waals surface area contributed by atoms with Gasteiger partial charge in [0.1, 0.15) is 18.0 Å². The second-order valence-electron chi connectivity index (χ2n) is 5.53. The van der Waals surface area contributed by atoms with E-state index in [-0.39, 0.29) is 12.4 Å². The molecule has 0 atom stereocenters. The van der Waals surface area contributed by atoms with Crippen molar-refractivity contribution in [2.24, 2.45) is 0 Å². The Balaban J connectivity index is 1.63. The summed E-state index contributed by atoms with van der Waals surface area (Å²) in [5, 5.41) is 7.64. The summed E-state index contributed by atoms with van der Waals surface area (Å²) in [6, 6.07) is 8.01. The molecule has 0 unspecified atom stereocenters. The van der Waals surface area contributed by atoms with Crippen molar-refractivity contribution < 1.29 is 4.39 Å².